The van der Waals surface area contributed by atoms with Crippen LogP contribution in [0.15, 0.2) is 24.4 Å². The van der Waals surface area contributed by atoms with Gasteiger partial charge in [-0.1, -0.05) is 18.9 Å². The van der Waals surface area contributed by atoms with E-state index in [4.69, 9.17) is 4.74 Å². The summed E-state index contributed by atoms with van der Waals surface area (Å²) >= 11 is 0. The van der Waals surface area contributed by atoms with Gasteiger partial charge in [-0.05, 0) is 43.7 Å². The molecule has 1 atom stereocenters. The summed E-state index contributed by atoms with van der Waals surface area (Å²) in [6.07, 6.45) is 9.91. The first-order chi connectivity index (χ1) is 10.9. The third-order valence-electron chi connectivity index (χ3n) is 5.85. The average Bonchev–Trinajstić information content (AvgIpc) is 3.16. The Balaban J connectivity index is 1.27. The topological polar surface area (TPSA) is 37.4 Å². The summed E-state index contributed by atoms with van der Waals surface area (Å²) in [4.78, 5) is 7.01. The van der Waals surface area contributed by atoms with Crippen LogP contribution >= 0.6 is 0 Å². The highest BCUT2D eigenvalue weighted by Crippen LogP contribution is 2.44. The maximum atomic E-state index is 6.20. The molecule has 4 rings (SSSR count). The predicted molar refractivity (Wildman–Crippen MR) is 88.0 cm³/mol. The Morgan fingerprint density at radius 2 is 2.09 bits per heavy atom. The molecule has 1 aliphatic carbocycles. The zero-order valence-electron chi connectivity index (χ0n) is 13.3. The molecule has 3 fully saturated rings. The van der Waals surface area contributed by atoms with Gasteiger partial charge < -0.3 is 10.1 Å². The molecule has 22 heavy (non-hydrogen) atoms. The first kappa shape index (κ1) is 14.5. The molecular formula is C18H27N3O. The van der Waals surface area contributed by atoms with E-state index in [0.717, 1.165) is 25.0 Å². The van der Waals surface area contributed by atoms with E-state index < -0.39 is 0 Å². The van der Waals surface area contributed by atoms with Crippen LogP contribution < -0.4 is 5.32 Å². The fourth-order valence-corrected chi connectivity index (χ4v) is 4.55. The minimum Gasteiger partial charge on any atom is -0.372 e. The Morgan fingerprint density at radius 3 is 2.86 bits per heavy atom. The summed E-state index contributed by atoms with van der Waals surface area (Å²) in [6, 6.07) is 6.87. The third-order valence-corrected chi connectivity index (χ3v) is 5.85. The Hall–Kier alpha value is -1.13. The van der Waals surface area contributed by atoms with Crippen LogP contribution in [-0.2, 0) is 4.74 Å². The van der Waals surface area contributed by atoms with Crippen molar-refractivity contribution >= 4 is 5.82 Å². The lowest BCUT2D eigenvalue weighted by atomic mass is 9.78. The molecule has 1 unspecified atom stereocenters. The van der Waals surface area contributed by atoms with E-state index in [0.29, 0.717) is 5.92 Å². The molecule has 120 valence electrons. The number of nitrogens with one attached hydrogen (secondary N) is 1. The number of hydrogen-bond acceptors (Lipinski definition) is 4. The molecular weight excluding hydrogens is 274 g/mol. The number of pyridine rings is 1. The van der Waals surface area contributed by atoms with E-state index in [1.807, 2.05) is 24.4 Å². The zero-order chi connectivity index (χ0) is 14.8. The minimum atomic E-state index is 0.175. The molecule has 1 saturated carbocycles. The van der Waals surface area contributed by atoms with Gasteiger partial charge in [-0.3, -0.25) is 4.90 Å². The van der Waals surface area contributed by atoms with Gasteiger partial charge in [0.05, 0.1) is 5.60 Å². The molecule has 0 radical (unpaired) electrons. The van der Waals surface area contributed by atoms with Crippen molar-refractivity contribution in [2.24, 2.45) is 5.92 Å². The van der Waals surface area contributed by atoms with Crippen LogP contribution in [0.5, 0.6) is 0 Å². The van der Waals surface area contributed by atoms with E-state index >= 15 is 0 Å². The van der Waals surface area contributed by atoms with Gasteiger partial charge in [0.25, 0.3) is 0 Å². The molecule has 1 aromatic heterocycles. The van der Waals surface area contributed by atoms with Crippen molar-refractivity contribution in [2.45, 2.75) is 50.2 Å². The molecule has 0 aromatic carbocycles. The lowest BCUT2D eigenvalue weighted by Crippen LogP contribution is -2.66. The van der Waals surface area contributed by atoms with E-state index in [1.54, 1.807) is 0 Å². The lowest BCUT2D eigenvalue weighted by molar-refractivity contribution is -0.146. The van der Waals surface area contributed by atoms with Gasteiger partial charge in [-0.15, -0.1) is 0 Å². The van der Waals surface area contributed by atoms with Crippen molar-refractivity contribution in [1.29, 1.82) is 0 Å². The summed E-state index contributed by atoms with van der Waals surface area (Å²) in [5, 5.41) is 3.44. The SMILES string of the molecule is c1ccc(NCCC2CCOC23CN(C2CCCC2)C3)nc1. The number of aromatic nitrogens is 1. The Kier molecular flexibility index (Phi) is 4.05. The molecule has 0 bridgehead atoms. The summed E-state index contributed by atoms with van der Waals surface area (Å²) in [6.45, 7) is 4.29. The maximum absolute atomic E-state index is 6.20. The van der Waals surface area contributed by atoms with Crippen LogP contribution in [0.1, 0.15) is 38.5 Å². The Labute approximate surface area is 133 Å². The van der Waals surface area contributed by atoms with Crippen LogP contribution in [0.25, 0.3) is 0 Å². The standard InChI is InChI=1S/C18H27N3O/c1-2-6-16(5-1)21-13-18(14-21)15(9-12-22-18)8-11-20-17-7-3-4-10-19-17/h3-4,7,10,15-16H,1-2,5-6,8-9,11-14H2,(H,19,20). The molecule has 2 aliphatic heterocycles. The monoisotopic (exact) mass is 301 g/mol. The van der Waals surface area contributed by atoms with Crippen molar-refractivity contribution in [1.82, 2.24) is 9.88 Å². The second kappa shape index (κ2) is 6.17. The van der Waals surface area contributed by atoms with Crippen LogP contribution in [0.4, 0.5) is 5.82 Å². The van der Waals surface area contributed by atoms with Gasteiger partial charge >= 0.3 is 0 Å². The molecule has 4 heteroatoms. The zero-order valence-corrected chi connectivity index (χ0v) is 13.3. The van der Waals surface area contributed by atoms with Gasteiger partial charge in [0.15, 0.2) is 0 Å². The lowest BCUT2D eigenvalue weighted by Gasteiger charge is -2.53. The fraction of sp³-hybridized carbons (Fsp3) is 0.722. The van der Waals surface area contributed by atoms with Crippen molar-refractivity contribution in [3.8, 4) is 0 Å². The van der Waals surface area contributed by atoms with Gasteiger partial charge in [-0.25, -0.2) is 4.98 Å². The molecule has 3 aliphatic rings. The quantitative estimate of drug-likeness (QED) is 0.907. The molecule has 1 spiro atoms. The summed E-state index contributed by atoms with van der Waals surface area (Å²) < 4.78 is 6.20. The highest BCUT2D eigenvalue weighted by molar-refractivity contribution is 5.32. The molecule has 1 aromatic rings. The van der Waals surface area contributed by atoms with E-state index in [-0.39, 0.29) is 5.60 Å². The smallest absolute Gasteiger partial charge is 0.125 e. The number of anilines is 1. The van der Waals surface area contributed by atoms with Crippen LogP contribution in [-0.4, -0.2) is 47.8 Å². The average molecular weight is 301 g/mol. The highest BCUT2D eigenvalue weighted by Gasteiger charge is 2.54. The maximum Gasteiger partial charge on any atom is 0.125 e. The van der Waals surface area contributed by atoms with Crippen molar-refractivity contribution in [2.75, 3.05) is 31.6 Å². The third kappa shape index (κ3) is 2.74. The predicted octanol–water partition coefficient (Wildman–Crippen LogP) is 2.92. The van der Waals surface area contributed by atoms with E-state index in [9.17, 15) is 0 Å². The summed E-state index contributed by atoms with van der Waals surface area (Å²) in [5.41, 5.74) is 0.175. The fourth-order valence-electron chi connectivity index (χ4n) is 4.55. The number of hydrogen-bond donors (Lipinski definition) is 1. The minimum absolute atomic E-state index is 0.175. The van der Waals surface area contributed by atoms with Gasteiger partial charge in [0.2, 0.25) is 0 Å². The van der Waals surface area contributed by atoms with Gasteiger partial charge in [-0.2, -0.15) is 0 Å². The normalized spacial score (nSPS) is 28.1. The largest absolute Gasteiger partial charge is 0.372 e. The van der Waals surface area contributed by atoms with Crippen molar-refractivity contribution < 1.29 is 4.74 Å². The van der Waals surface area contributed by atoms with Crippen molar-refractivity contribution in [3.63, 3.8) is 0 Å². The number of nitrogens with zero attached hydrogens (tertiary/aromatic N) is 2. The highest BCUT2D eigenvalue weighted by atomic mass is 16.5. The number of rotatable bonds is 5. The summed E-state index contributed by atoms with van der Waals surface area (Å²) in [7, 11) is 0. The van der Waals surface area contributed by atoms with Crippen molar-refractivity contribution in [3.05, 3.63) is 24.4 Å². The number of ether oxygens (including phenoxy) is 1. The molecule has 1 N–H and O–H groups in total. The number of likely N-dealkylation sites (tertiary alicyclic amines) is 1. The second-order valence-electron chi connectivity index (χ2n) is 7.17. The molecule has 2 saturated heterocycles. The Morgan fingerprint density at radius 1 is 1.23 bits per heavy atom. The van der Waals surface area contributed by atoms with Gasteiger partial charge in [0, 0.05) is 38.5 Å². The van der Waals surface area contributed by atoms with Crippen LogP contribution in [0, 0.1) is 5.92 Å². The van der Waals surface area contributed by atoms with E-state index in [1.165, 1.54) is 51.6 Å². The molecule has 4 nitrogen and oxygen atoms in total. The van der Waals surface area contributed by atoms with E-state index in [2.05, 4.69) is 15.2 Å². The van der Waals surface area contributed by atoms with Gasteiger partial charge in [0.1, 0.15) is 5.82 Å². The first-order valence-corrected chi connectivity index (χ1v) is 8.89. The summed E-state index contributed by atoms with van der Waals surface area (Å²) in [5.74, 6) is 1.69. The molecule has 0 amide bonds. The van der Waals surface area contributed by atoms with Crippen LogP contribution in [0.3, 0.4) is 0 Å². The molecule has 3 heterocycles. The Bertz CT molecular complexity index is 480. The van der Waals surface area contributed by atoms with Crippen LogP contribution in [0.2, 0.25) is 0 Å². The second-order valence-corrected chi connectivity index (χ2v) is 7.17. The first-order valence-electron chi connectivity index (χ1n) is 8.89.